The van der Waals surface area contributed by atoms with Crippen LogP contribution in [0.4, 0.5) is 0 Å². The van der Waals surface area contributed by atoms with E-state index in [-0.39, 0.29) is 6.04 Å². The number of piperazine rings is 1. The van der Waals surface area contributed by atoms with Crippen molar-refractivity contribution >= 4 is 0 Å². The molecule has 0 radical (unpaired) electrons. The summed E-state index contributed by atoms with van der Waals surface area (Å²) in [6, 6.07) is 1.09. The van der Waals surface area contributed by atoms with E-state index in [0.29, 0.717) is 0 Å². The maximum absolute atomic E-state index is 5.38. The minimum atomic E-state index is 0.244. The second-order valence-electron chi connectivity index (χ2n) is 6.09. The Kier molecular flexibility index (Phi) is 4.36. The normalized spacial score (nSPS) is 24.3. The standard InChI is InChI=1S/C15H26N4O/c1-3-14-16-15(20-17-14)12(2)18-8-10-19(11-9-18)13-6-4-5-7-13/h12-13H,3-11H2,1-2H3. The molecule has 0 spiro atoms. The predicted molar refractivity (Wildman–Crippen MR) is 77.5 cm³/mol. The molecule has 0 aromatic carbocycles. The van der Waals surface area contributed by atoms with E-state index in [9.17, 15) is 0 Å². The summed E-state index contributed by atoms with van der Waals surface area (Å²) < 4.78 is 5.38. The molecule has 112 valence electrons. The van der Waals surface area contributed by atoms with Crippen molar-refractivity contribution in [3.8, 4) is 0 Å². The van der Waals surface area contributed by atoms with E-state index in [4.69, 9.17) is 4.52 Å². The van der Waals surface area contributed by atoms with Gasteiger partial charge in [-0.2, -0.15) is 4.98 Å². The molecule has 1 aliphatic heterocycles. The molecule has 0 amide bonds. The average molecular weight is 278 g/mol. The lowest BCUT2D eigenvalue weighted by atomic mass is 10.1. The summed E-state index contributed by atoms with van der Waals surface area (Å²) in [6.45, 7) is 8.83. The van der Waals surface area contributed by atoms with Crippen LogP contribution in [0.3, 0.4) is 0 Å². The van der Waals surface area contributed by atoms with E-state index < -0.39 is 0 Å². The van der Waals surface area contributed by atoms with E-state index in [1.807, 2.05) is 0 Å². The summed E-state index contributed by atoms with van der Waals surface area (Å²) in [4.78, 5) is 9.62. The van der Waals surface area contributed by atoms with Crippen LogP contribution in [-0.4, -0.2) is 52.2 Å². The number of rotatable bonds is 4. The van der Waals surface area contributed by atoms with Gasteiger partial charge in [0.15, 0.2) is 5.82 Å². The highest BCUT2D eigenvalue weighted by atomic mass is 16.5. The van der Waals surface area contributed by atoms with E-state index in [2.05, 4.69) is 33.8 Å². The second-order valence-corrected chi connectivity index (χ2v) is 6.09. The van der Waals surface area contributed by atoms with Crippen LogP contribution in [0.2, 0.25) is 0 Å². The Labute approximate surface area is 121 Å². The predicted octanol–water partition coefficient (Wildman–Crippen LogP) is 2.25. The fraction of sp³-hybridized carbons (Fsp3) is 0.867. The Morgan fingerprint density at radius 3 is 2.50 bits per heavy atom. The van der Waals surface area contributed by atoms with Gasteiger partial charge >= 0.3 is 0 Å². The molecular weight excluding hydrogens is 252 g/mol. The molecule has 1 saturated carbocycles. The summed E-state index contributed by atoms with van der Waals surface area (Å²) in [5.41, 5.74) is 0. The maximum Gasteiger partial charge on any atom is 0.243 e. The Morgan fingerprint density at radius 1 is 1.20 bits per heavy atom. The molecule has 1 saturated heterocycles. The average Bonchev–Trinajstić information content (AvgIpc) is 3.18. The van der Waals surface area contributed by atoms with Gasteiger partial charge in [-0.1, -0.05) is 24.9 Å². The third-order valence-corrected chi connectivity index (χ3v) is 4.90. The smallest absolute Gasteiger partial charge is 0.243 e. The fourth-order valence-electron chi connectivity index (χ4n) is 3.50. The third kappa shape index (κ3) is 2.88. The van der Waals surface area contributed by atoms with Crippen molar-refractivity contribution in [2.45, 2.75) is 58.0 Å². The molecule has 3 rings (SSSR count). The first kappa shape index (κ1) is 14.0. The molecule has 2 aliphatic rings. The summed E-state index contributed by atoms with van der Waals surface area (Å²) >= 11 is 0. The van der Waals surface area contributed by atoms with Crippen LogP contribution >= 0.6 is 0 Å². The van der Waals surface area contributed by atoms with Crippen LogP contribution in [0.15, 0.2) is 4.52 Å². The first-order valence-electron chi connectivity index (χ1n) is 8.08. The number of hydrogen-bond donors (Lipinski definition) is 0. The van der Waals surface area contributed by atoms with Crippen LogP contribution in [0.25, 0.3) is 0 Å². The lowest BCUT2D eigenvalue weighted by Gasteiger charge is -2.39. The van der Waals surface area contributed by atoms with Gasteiger partial charge in [0, 0.05) is 38.6 Å². The van der Waals surface area contributed by atoms with Crippen LogP contribution < -0.4 is 0 Å². The van der Waals surface area contributed by atoms with Crippen molar-refractivity contribution in [2.75, 3.05) is 26.2 Å². The Morgan fingerprint density at radius 2 is 1.90 bits per heavy atom. The minimum absolute atomic E-state index is 0.244. The van der Waals surface area contributed by atoms with Crippen molar-refractivity contribution in [2.24, 2.45) is 0 Å². The maximum atomic E-state index is 5.38. The lowest BCUT2D eigenvalue weighted by molar-refractivity contribution is 0.0650. The summed E-state index contributed by atoms with van der Waals surface area (Å²) in [6.07, 6.45) is 6.48. The highest BCUT2D eigenvalue weighted by molar-refractivity contribution is 4.93. The quantitative estimate of drug-likeness (QED) is 0.845. The first-order chi connectivity index (χ1) is 9.78. The van der Waals surface area contributed by atoms with E-state index in [1.54, 1.807) is 0 Å². The summed E-state index contributed by atoms with van der Waals surface area (Å²) in [5.74, 6) is 1.59. The highest BCUT2D eigenvalue weighted by Crippen LogP contribution is 2.26. The molecular formula is C15H26N4O. The molecule has 0 N–H and O–H groups in total. The largest absolute Gasteiger partial charge is 0.338 e. The van der Waals surface area contributed by atoms with Crippen LogP contribution in [-0.2, 0) is 6.42 Å². The summed E-state index contributed by atoms with van der Waals surface area (Å²) in [5, 5.41) is 4.01. The fourth-order valence-corrected chi connectivity index (χ4v) is 3.50. The van der Waals surface area contributed by atoms with E-state index in [1.165, 1.54) is 38.8 Å². The van der Waals surface area contributed by atoms with Gasteiger partial charge < -0.3 is 4.52 Å². The van der Waals surface area contributed by atoms with Crippen molar-refractivity contribution in [3.05, 3.63) is 11.7 Å². The third-order valence-electron chi connectivity index (χ3n) is 4.90. The minimum Gasteiger partial charge on any atom is -0.338 e. The molecule has 2 heterocycles. The van der Waals surface area contributed by atoms with Gasteiger partial charge in [0.1, 0.15) is 0 Å². The van der Waals surface area contributed by atoms with Crippen LogP contribution in [0, 0.1) is 0 Å². The molecule has 1 unspecified atom stereocenters. The van der Waals surface area contributed by atoms with Crippen molar-refractivity contribution in [1.82, 2.24) is 19.9 Å². The molecule has 1 aromatic heterocycles. The number of aryl methyl sites for hydroxylation is 1. The van der Waals surface area contributed by atoms with E-state index in [0.717, 1.165) is 37.3 Å². The summed E-state index contributed by atoms with van der Waals surface area (Å²) in [7, 11) is 0. The SMILES string of the molecule is CCc1noc(C(C)N2CCN(C3CCCC3)CC2)n1. The molecule has 20 heavy (non-hydrogen) atoms. The molecule has 1 atom stereocenters. The van der Waals surface area contributed by atoms with E-state index >= 15 is 0 Å². The topological polar surface area (TPSA) is 45.4 Å². The van der Waals surface area contributed by atoms with Gasteiger partial charge in [0.25, 0.3) is 0 Å². The van der Waals surface area contributed by atoms with Crippen molar-refractivity contribution < 1.29 is 4.52 Å². The van der Waals surface area contributed by atoms with Gasteiger partial charge in [-0.25, -0.2) is 0 Å². The monoisotopic (exact) mass is 278 g/mol. The Bertz CT molecular complexity index is 419. The molecule has 0 bridgehead atoms. The molecule has 5 heteroatoms. The van der Waals surface area contributed by atoms with Gasteiger partial charge in [0.2, 0.25) is 5.89 Å². The van der Waals surface area contributed by atoms with Crippen molar-refractivity contribution in [3.63, 3.8) is 0 Å². The van der Waals surface area contributed by atoms with Gasteiger partial charge in [-0.3, -0.25) is 9.80 Å². The number of hydrogen-bond acceptors (Lipinski definition) is 5. The molecule has 5 nitrogen and oxygen atoms in total. The van der Waals surface area contributed by atoms with Gasteiger partial charge in [-0.15, -0.1) is 0 Å². The Hall–Kier alpha value is -0.940. The highest BCUT2D eigenvalue weighted by Gasteiger charge is 2.29. The molecule has 1 aliphatic carbocycles. The van der Waals surface area contributed by atoms with Crippen LogP contribution in [0.5, 0.6) is 0 Å². The zero-order valence-corrected chi connectivity index (χ0v) is 12.7. The lowest BCUT2D eigenvalue weighted by Crippen LogP contribution is -2.50. The van der Waals surface area contributed by atoms with Crippen molar-refractivity contribution in [1.29, 1.82) is 0 Å². The molecule has 1 aromatic rings. The van der Waals surface area contributed by atoms with Crippen LogP contribution in [0.1, 0.15) is 57.3 Å². The second kappa shape index (κ2) is 6.22. The molecule has 2 fully saturated rings. The first-order valence-corrected chi connectivity index (χ1v) is 8.08. The Balaban J connectivity index is 1.54. The van der Waals surface area contributed by atoms with Gasteiger partial charge in [0.05, 0.1) is 6.04 Å². The zero-order chi connectivity index (χ0) is 13.9. The zero-order valence-electron chi connectivity index (χ0n) is 12.7. The number of aromatic nitrogens is 2. The van der Waals surface area contributed by atoms with Gasteiger partial charge in [-0.05, 0) is 19.8 Å². The number of nitrogens with zero attached hydrogens (tertiary/aromatic N) is 4.